The van der Waals surface area contributed by atoms with Crippen molar-refractivity contribution in [3.63, 3.8) is 0 Å². The lowest BCUT2D eigenvalue weighted by Gasteiger charge is -2.22. The Labute approximate surface area is 191 Å². The maximum absolute atomic E-state index is 13.0. The standard InChI is InChI=1S/C23H24Cl2N4O2/c1-15(2)22(28-20(30)13-16-7-4-3-5-8-16)23(31)27-19-11-12-26-29(19)14-17-9-6-10-18(24)21(17)25/h3-12,15,22H,13-14H2,1-2H3,(H,27,31)(H,28,30)/t22-/m0/s1. The maximum Gasteiger partial charge on any atom is 0.248 e. The van der Waals surface area contributed by atoms with E-state index in [2.05, 4.69) is 15.7 Å². The Bertz CT molecular complexity index is 1050. The van der Waals surface area contributed by atoms with Gasteiger partial charge in [0.15, 0.2) is 0 Å². The first-order valence-electron chi connectivity index (χ1n) is 9.94. The number of amides is 2. The molecule has 0 saturated heterocycles. The van der Waals surface area contributed by atoms with Gasteiger partial charge in [0.05, 0.1) is 29.2 Å². The van der Waals surface area contributed by atoms with Crippen molar-refractivity contribution in [2.45, 2.75) is 32.9 Å². The number of hydrogen-bond donors (Lipinski definition) is 2. The average molecular weight is 459 g/mol. The molecule has 8 heteroatoms. The molecule has 6 nitrogen and oxygen atoms in total. The fourth-order valence-electron chi connectivity index (χ4n) is 3.14. The fourth-order valence-corrected chi connectivity index (χ4v) is 3.52. The molecule has 162 valence electrons. The average Bonchev–Trinajstić information content (AvgIpc) is 3.16. The third-order valence-corrected chi connectivity index (χ3v) is 5.65. The summed E-state index contributed by atoms with van der Waals surface area (Å²) in [5.74, 6) is -0.114. The van der Waals surface area contributed by atoms with Crippen molar-refractivity contribution >= 4 is 40.8 Å². The highest BCUT2D eigenvalue weighted by Gasteiger charge is 2.25. The van der Waals surface area contributed by atoms with Crippen LogP contribution in [0.5, 0.6) is 0 Å². The zero-order chi connectivity index (χ0) is 22.4. The van der Waals surface area contributed by atoms with Gasteiger partial charge in [-0.2, -0.15) is 5.10 Å². The second-order valence-electron chi connectivity index (χ2n) is 7.53. The third kappa shape index (κ3) is 6.09. The number of nitrogens with one attached hydrogen (secondary N) is 2. The van der Waals surface area contributed by atoms with Crippen LogP contribution in [0.4, 0.5) is 5.82 Å². The van der Waals surface area contributed by atoms with E-state index < -0.39 is 6.04 Å². The zero-order valence-electron chi connectivity index (χ0n) is 17.3. The van der Waals surface area contributed by atoms with Gasteiger partial charge in [-0.25, -0.2) is 4.68 Å². The van der Waals surface area contributed by atoms with Crippen molar-refractivity contribution in [3.05, 3.63) is 82.0 Å². The van der Waals surface area contributed by atoms with Crippen LogP contribution in [0.3, 0.4) is 0 Å². The van der Waals surface area contributed by atoms with Crippen molar-refractivity contribution < 1.29 is 9.59 Å². The van der Waals surface area contributed by atoms with E-state index in [4.69, 9.17) is 23.2 Å². The van der Waals surface area contributed by atoms with Crippen LogP contribution in [0, 0.1) is 5.92 Å². The van der Waals surface area contributed by atoms with E-state index in [1.807, 2.05) is 56.3 Å². The number of carbonyl (C=O) groups is 2. The molecule has 31 heavy (non-hydrogen) atoms. The fraction of sp³-hybridized carbons (Fsp3) is 0.261. The highest BCUT2D eigenvalue weighted by molar-refractivity contribution is 6.42. The van der Waals surface area contributed by atoms with Gasteiger partial charge in [0.2, 0.25) is 11.8 Å². The van der Waals surface area contributed by atoms with Crippen LogP contribution in [0.2, 0.25) is 10.0 Å². The molecule has 0 radical (unpaired) electrons. The molecule has 0 bridgehead atoms. The number of benzene rings is 2. The number of hydrogen-bond acceptors (Lipinski definition) is 3. The Morgan fingerprint density at radius 3 is 2.48 bits per heavy atom. The van der Waals surface area contributed by atoms with Crippen LogP contribution in [0.1, 0.15) is 25.0 Å². The minimum absolute atomic E-state index is 0.0986. The van der Waals surface area contributed by atoms with Gasteiger partial charge in [-0.1, -0.05) is 79.5 Å². The number of nitrogens with zero attached hydrogens (tertiary/aromatic N) is 2. The van der Waals surface area contributed by atoms with Crippen LogP contribution in [-0.2, 0) is 22.6 Å². The Hall–Kier alpha value is -2.83. The summed E-state index contributed by atoms with van der Waals surface area (Å²) in [5, 5.41) is 10.9. The molecule has 1 aromatic heterocycles. The third-order valence-electron chi connectivity index (χ3n) is 4.79. The first kappa shape index (κ1) is 22.8. The van der Waals surface area contributed by atoms with E-state index in [0.29, 0.717) is 22.4 Å². The summed E-state index contributed by atoms with van der Waals surface area (Å²) in [6.07, 6.45) is 1.80. The molecule has 0 saturated carbocycles. The molecule has 0 spiro atoms. The van der Waals surface area contributed by atoms with Crippen molar-refractivity contribution in [1.29, 1.82) is 0 Å². The predicted octanol–water partition coefficient (Wildman–Crippen LogP) is 4.56. The molecule has 3 rings (SSSR count). The number of aromatic nitrogens is 2. The smallest absolute Gasteiger partial charge is 0.248 e. The van der Waals surface area contributed by atoms with Crippen LogP contribution >= 0.6 is 23.2 Å². The maximum atomic E-state index is 13.0. The molecule has 0 fully saturated rings. The summed E-state index contributed by atoms with van der Waals surface area (Å²) in [6.45, 7) is 4.11. The quantitative estimate of drug-likeness (QED) is 0.519. The lowest BCUT2D eigenvalue weighted by atomic mass is 10.0. The van der Waals surface area contributed by atoms with Crippen LogP contribution < -0.4 is 10.6 Å². The van der Waals surface area contributed by atoms with E-state index in [1.165, 1.54) is 0 Å². The van der Waals surface area contributed by atoms with Gasteiger partial charge in [0.25, 0.3) is 0 Å². The predicted molar refractivity (Wildman–Crippen MR) is 123 cm³/mol. The van der Waals surface area contributed by atoms with Gasteiger partial charge < -0.3 is 10.6 Å². The van der Waals surface area contributed by atoms with Gasteiger partial charge in [0, 0.05) is 6.07 Å². The molecule has 2 amide bonds. The van der Waals surface area contributed by atoms with Crippen molar-refractivity contribution in [2.75, 3.05) is 5.32 Å². The number of carbonyl (C=O) groups excluding carboxylic acids is 2. The summed E-state index contributed by atoms with van der Waals surface area (Å²) in [4.78, 5) is 25.4. The second-order valence-corrected chi connectivity index (χ2v) is 8.31. The number of halogens is 2. The van der Waals surface area contributed by atoms with E-state index in [9.17, 15) is 9.59 Å². The number of anilines is 1. The lowest BCUT2D eigenvalue weighted by molar-refractivity contribution is -0.127. The SMILES string of the molecule is CC(C)[C@H](NC(=O)Cc1ccccc1)C(=O)Nc1ccnn1Cc1cccc(Cl)c1Cl. The summed E-state index contributed by atoms with van der Waals surface area (Å²) < 4.78 is 1.62. The van der Waals surface area contributed by atoms with Crippen molar-refractivity contribution in [3.8, 4) is 0 Å². The summed E-state index contributed by atoms with van der Waals surface area (Å²) in [6, 6.07) is 15.8. The molecule has 3 aromatic rings. The molecule has 2 N–H and O–H groups in total. The lowest BCUT2D eigenvalue weighted by Crippen LogP contribution is -2.47. The van der Waals surface area contributed by atoms with Gasteiger partial charge in [-0.05, 0) is 23.1 Å². The molecule has 0 aliphatic heterocycles. The summed E-state index contributed by atoms with van der Waals surface area (Å²) in [5.41, 5.74) is 1.67. The van der Waals surface area contributed by atoms with Crippen LogP contribution in [0.25, 0.3) is 0 Å². The first-order valence-corrected chi connectivity index (χ1v) is 10.7. The highest BCUT2D eigenvalue weighted by Crippen LogP contribution is 2.26. The Morgan fingerprint density at radius 2 is 1.77 bits per heavy atom. The van der Waals surface area contributed by atoms with E-state index in [1.54, 1.807) is 23.0 Å². The molecule has 1 heterocycles. The zero-order valence-corrected chi connectivity index (χ0v) is 18.8. The van der Waals surface area contributed by atoms with Gasteiger partial charge in [-0.3, -0.25) is 9.59 Å². The van der Waals surface area contributed by atoms with Gasteiger partial charge in [-0.15, -0.1) is 0 Å². The molecule has 2 aromatic carbocycles. The molecule has 0 aliphatic rings. The normalized spacial score (nSPS) is 11.9. The topological polar surface area (TPSA) is 76.0 Å². The molecule has 0 aliphatic carbocycles. The second kappa shape index (κ2) is 10.5. The molecular weight excluding hydrogens is 435 g/mol. The van der Waals surface area contributed by atoms with Gasteiger partial charge >= 0.3 is 0 Å². The van der Waals surface area contributed by atoms with Crippen molar-refractivity contribution in [2.24, 2.45) is 5.92 Å². The minimum Gasteiger partial charge on any atom is -0.344 e. The van der Waals surface area contributed by atoms with Crippen LogP contribution in [-0.4, -0.2) is 27.6 Å². The molecule has 0 unspecified atom stereocenters. The highest BCUT2D eigenvalue weighted by atomic mass is 35.5. The molecular formula is C23H24Cl2N4O2. The van der Waals surface area contributed by atoms with Crippen LogP contribution in [0.15, 0.2) is 60.8 Å². The Kier molecular flexibility index (Phi) is 7.71. The Balaban J connectivity index is 1.68. The van der Waals surface area contributed by atoms with E-state index in [0.717, 1.165) is 11.1 Å². The Morgan fingerprint density at radius 1 is 1.03 bits per heavy atom. The molecule has 1 atom stereocenters. The minimum atomic E-state index is -0.686. The number of rotatable bonds is 8. The first-order chi connectivity index (χ1) is 14.8. The van der Waals surface area contributed by atoms with E-state index >= 15 is 0 Å². The largest absolute Gasteiger partial charge is 0.344 e. The summed E-state index contributed by atoms with van der Waals surface area (Å²) in [7, 11) is 0. The summed E-state index contributed by atoms with van der Waals surface area (Å²) >= 11 is 12.4. The van der Waals surface area contributed by atoms with Gasteiger partial charge in [0.1, 0.15) is 11.9 Å². The van der Waals surface area contributed by atoms with E-state index in [-0.39, 0.29) is 24.2 Å². The van der Waals surface area contributed by atoms with Crippen molar-refractivity contribution in [1.82, 2.24) is 15.1 Å². The monoisotopic (exact) mass is 458 g/mol.